The van der Waals surface area contributed by atoms with E-state index in [9.17, 15) is 9.59 Å². The van der Waals surface area contributed by atoms with Crippen LogP contribution in [0, 0.1) is 0 Å². The summed E-state index contributed by atoms with van der Waals surface area (Å²) in [6, 6.07) is 26.4. The summed E-state index contributed by atoms with van der Waals surface area (Å²) >= 11 is 1.26. The van der Waals surface area contributed by atoms with Gasteiger partial charge in [0.05, 0.1) is 18.5 Å². The zero-order valence-electron chi connectivity index (χ0n) is 19.7. The molecule has 7 heteroatoms. The number of carbonyl (C=O) groups is 2. The van der Waals surface area contributed by atoms with Crippen LogP contribution in [0.15, 0.2) is 84.9 Å². The van der Waals surface area contributed by atoms with Crippen molar-refractivity contribution in [2.75, 3.05) is 18.2 Å². The molecule has 5 aromatic rings. The number of aromatic nitrogens is 1. The smallest absolute Gasteiger partial charge is 0.267 e. The van der Waals surface area contributed by atoms with Crippen LogP contribution in [0.3, 0.4) is 0 Å². The molecular weight excluding hydrogens is 470 g/mol. The molecule has 3 aromatic carbocycles. The van der Waals surface area contributed by atoms with E-state index in [2.05, 4.69) is 5.32 Å². The third kappa shape index (κ3) is 4.44. The number of nitrogens with zero attached hydrogens (tertiary/aromatic N) is 1. The molecule has 3 N–H and O–H groups in total. The minimum Gasteiger partial charge on any atom is -0.497 e. The number of ether oxygens (including phenoxy) is 1. The Morgan fingerprint density at radius 3 is 2.25 bits per heavy atom. The third-order valence-electron chi connectivity index (χ3n) is 5.93. The monoisotopic (exact) mass is 493 g/mol. The van der Waals surface area contributed by atoms with Gasteiger partial charge in [0.15, 0.2) is 5.78 Å². The second kappa shape index (κ2) is 9.64. The zero-order chi connectivity index (χ0) is 25.2. The van der Waals surface area contributed by atoms with Gasteiger partial charge in [0.2, 0.25) is 0 Å². The molecule has 0 saturated heterocycles. The van der Waals surface area contributed by atoms with Crippen molar-refractivity contribution >= 4 is 44.6 Å². The van der Waals surface area contributed by atoms with Gasteiger partial charge in [0.25, 0.3) is 5.91 Å². The summed E-state index contributed by atoms with van der Waals surface area (Å²) in [7, 11) is 1.63. The topological polar surface area (TPSA) is 94.3 Å². The number of nitrogen functional groups attached to an aromatic ring is 1. The molecule has 2 heterocycles. The Bertz CT molecular complexity index is 1570. The Balaban J connectivity index is 1.61. The van der Waals surface area contributed by atoms with Crippen LogP contribution in [0.2, 0.25) is 0 Å². The highest BCUT2D eigenvalue weighted by molar-refractivity contribution is 7.21. The first-order valence-corrected chi connectivity index (χ1v) is 12.1. The van der Waals surface area contributed by atoms with Gasteiger partial charge >= 0.3 is 0 Å². The van der Waals surface area contributed by atoms with Gasteiger partial charge in [-0.3, -0.25) is 9.59 Å². The quantitative estimate of drug-likeness (QED) is 0.257. The van der Waals surface area contributed by atoms with Crippen LogP contribution in [0.4, 0.5) is 11.4 Å². The van der Waals surface area contributed by atoms with E-state index in [0.717, 1.165) is 33.5 Å². The van der Waals surface area contributed by atoms with Crippen LogP contribution in [0.25, 0.3) is 32.6 Å². The first-order valence-electron chi connectivity index (χ1n) is 11.3. The number of anilines is 2. The normalized spacial score (nSPS) is 10.8. The largest absolute Gasteiger partial charge is 0.497 e. The summed E-state index contributed by atoms with van der Waals surface area (Å²) < 4.78 is 5.32. The van der Waals surface area contributed by atoms with Crippen molar-refractivity contribution in [1.29, 1.82) is 0 Å². The summed E-state index contributed by atoms with van der Waals surface area (Å²) in [4.78, 5) is 30.7. The Morgan fingerprint density at radius 2 is 1.61 bits per heavy atom. The number of amides is 1. The second-order valence-corrected chi connectivity index (χ2v) is 9.26. The van der Waals surface area contributed by atoms with Crippen LogP contribution < -0.4 is 15.8 Å². The Kier molecular flexibility index (Phi) is 6.23. The molecule has 1 amide bonds. The summed E-state index contributed by atoms with van der Waals surface area (Å²) in [6.07, 6.45) is 0. The molecule has 0 radical (unpaired) electrons. The van der Waals surface area contributed by atoms with Gasteiger partial charge in [-0.25, -0.2) is 4.98 Å². The zero-order valence-corrected chi connectivity index (χ0v) is 20.6. The number of nitrogens with one attached hydrogen (secondary N) is 1. The van der Waals surface area contributed by atoms with Gasteiger partial charge in [-0.2, -0.15) is 0 Å². The SMILES string of the molecule is COc1ccc(-c2cc(-c3ccccc3)nc3sc(C(=O)Nc4ccc(C(C)=O)cc4)c(N)c23)cc1. The summed E-state index contributed by atoms with van der Waals surface area (Å²) in [5, 5.41) is 3.62. The first-order chi connectivity index (χ1) is 17.4. The van der Waals surface area contributed by atoms with Crippen molar-refractivity contribution < 1.29 is 14.3 Å². The second-order valence-electron chi connectivity index (χ2n) is 8.26. The number of carbonyl (C=O) groups excluding carboxylic acids is 2. The van der Waals surface area contributed by atoms with Crippen LogP contribution in [0.5, 0.6) is 5.75 Å². The van der Waals surface area contributed by atoms with Crippen molar-refractivity contribution in [2.24, 2.45) is 0 Å². The average Bonchev–Trinajstić information content (AvgIpc) is 3.25. The van der Waals surface area contributed by atoms with E-state index in [4.69, 9.17) is 15.5 Å². The number of hydrogen-bond acceptors (Lipinski definition) is 6. The van der Waals surface area contributed by atoms with Gasteiger partial charge in [0.1, 0.15) is 15.5 Å². The van der Waals surface area contributed by atoms with E-state index in [0.29, 0.717) is 26.6 Å². The maximum absolute atomic E-state index is 13.2. The summed E-state index contributed by atoms with van der Waals surface area (Å²) in [6.45, 7) is 1.50. The molecule has 36 heavy (non-hydrogen) atoms. The molecular formula is C29H23N3O3S. The molecule has 0 saturated carbocycles. The predicted molar refractivity (Wildman–Crippen MR) is 146 cm³/mol. The number of hydrogen-bond donors (Lipinski definition) is 2. The average molecular weight is 494 g/mol. The lowest BCUT2D eigenvalue weighted by molar-refractivity contribution is 0.101. The van der Waals surface area contributed by atoms with Gasteiger partial charge in [-0.1, -0.05) is 42.5 Å². The van der Waals surface area contributed by atoms with Crippen LogP contribution in [-0.2, 0) is 0 Å². The van der Waals surface area contributed by atoms with E-state index in [1.807, 2.05) is 60.7 Å². The minimum absolute atomic E-state index is 0.0343. The number of methoxy groups -OCH3 is 1. The van der Waals surface area contributed by atoms with E-state index in [1.54, 1.807) is 31.4 Å². The fourth-order valence-corrected chi connectivity index (χ4v) is 5.04. The highest BCUT2D eigenvalue weighted by Gasteiger charge is 2.22. The van der Waals surface area contributed by atoms with Gasteiger partial charge in [0, 0.05) is 22.2 Å². The third-order valence-corrected chi connectivity index (χ3v) is 7.02. The number of ketones is 1. The maximum Gasteiger partial charge on any atom is 0.267 e. The van der Waals surface area contributed by atoms with Crippen LogP contribution >= 0.6 is 11.3 Å². The highest BCUT2D eigenvalue weighted by atomic mass is 32.1. The molecule has 0 bridgehead atoms. The minimum atomic E-state index is -0.326. The number of pyridine rings is 1. The van der Waals surface area contributed by atoms with Gasteiger partial charge < -0.3 is 15.8 Å². The maximum atomic E-state index is 13.2. The van der Waals surface area contributed by atoms with Crippen LogP contribution in [-0.4, -0.2) is 23.8 Å². The number of fused-ring (bicyclic) bond motifs is 1. The van der Waals surface area contributed by atoms with E-state index in [1.165, 1.54) is 18.3 Å². The summed E-state index contributed by atoms with van der Waals surface area (Å²) in [5.41, 5.74) is 11.7. The first kappa shape index (κ1) is 23.3. The lowest BCUT2D eigenvalue weighted by atomic mass is 9.99. The Labute approximate surface area is 212 Å². The standard InChI is InChI=1S/C29H23N3O3S/c1-17(33)18-8-12-21(13-9-18)31-28(34)27-26(30)25-23(19-10-14-22(35-2)15-11-19)16-24(32-29(25)36-27)20-6-4-3-5-7-20/h3-16H,30H2,1-2H3,(H,31,34). The van der Waals surface area contributed by atoms with Crippen LogP contribution in [0.1, 0.15) is 27.0 Å². The molecule has 2 aromatic heterocycles. The predicted octanol–water partition coefficient (Wildman–Crippen LogP) is 6.68. The molecule has 0 aliphatic rings. The molecule has 0 spiro atoms. The molecule has 0 atom stereocenters. The molecule has 5 rings (SSSR count). The number of thiophene rings is 1. The lowest BCUT2D eigenvalue weighted by Crippen LogP contribution is -2.12. The lowest BCUT2D eigenvalue weighted by Gasteiger charge is -2.10. The summed E-state index contributed by atoms with van der Waals surface area (Å²) in [5.74, 6) is 0.391. The number of rotatable bonds is 6. The molecule has 0 fully saturated rings. The van der Waals surface area contributed by atoms with Crippen molar-refractivity contribution in [3.8, 4) is 28.1 Å². The number of nitrogens with two attached hydrogens (primary N) is 1. The fraction of sp³-hybridized carbons (Fsp3) is 0.0690. The number of benzene rings is 3. The molecule has 0 aliphatic heterocycles. The highest BCUT2D eigenvalue weighted by Crippen LogP contribution is 2.41. The van der Waals surface area contributed by atoms with Gasteiger partial charge in [-0.05, 0) is 60.5 Å². The Hall–Kier alpha value is -4.49. The van der Waals surface area contributed by atoms with Crippen molar-refractivity contribution in [3.05, 3.63) is 95.4 Å². The number of Topliss-reactive ketones (excluding diaryl/α,β-unsaturated/α-hetero) is 1. The van der Waals surface area contributed by atoms with Crippen molar-refractivity contribution in [3.63, 3.8) is 0 Å². The fourth-order valence-electron chi connectivity index (χ4n) is 4.02. The molecule has 0 aliphatic carbocycles. The van der Waals surface area contributed by atoms with Gasteiger partial charge in [-0.15, -0.1) is 11.3 Å². The molecule has 0 unspecified atom stereocenters. The van der Waals surface area contributed by atoms with E-state index in [-0.39, 0.29) is 11.7 Å². The van der Waals surface area contributed by atoms with E-state index < -0.39 is 0 Å². The van der Waals surface area contributed by atoms with Crippen molar-refractivity contribution in [1.82, 2.24) is 4.98 Å². The van der Waals surface area contributed by atoms with Crippen molar-refractivity contribution in [2.45, 2.75) is 6.92 Å². The molecule has 178 valence electrons. The molecule has 6 nitrogen and oxygen atoms in total. The Morgan fingerprint density at radius 1 is 0.917 bits per heavy atom. The van der Waals surface area contributed by atoms with E-state index >= 15 is 0 Å².